The summed E-state index contributed by atoms with van der Waals surface area (Å²) in [5.41, 5.74) is 10.1. The third kappa shape index (κ3) is 23.4. The van der Waals surface area contributed by atoms with E-state index in [1.165, 1.54) is 357 Å². The smallest absolute Gasteiger partial charge is 0.254 e. The van der Waals surface area contributed by atoms with E-state index in [9.17, 15) is 4.79 Å². The summed E-state index contributed by atoms with van der Waals surface area (Å²) < 4.78 is 20.8. The van der Waals surface area contributed by atoms with Gasteiger partial charge in [-0.05, 0) is 129 Å². The normalized spacial score (nSPS) is 12.6. The molecular weight excluding hydrogens is 1470 g/mol. The monoisotopic (exact) mass is 1590 g/mol. The molecule has 11 rings (SSSR count). The summed E-state index contributed by atoms with van der Waals surface area (Å²) in [6.07, 6.45) is 56.9. The third-order valence-electron chi connectivity index (χ3n) is 22.2. The second-order valence-electron chi connectivity index (χ2n) is 31.1. The molecule has 106 heavy (non-hydrogen) atoms. The van der Waals surface area contributed by atoms with Crippen molar-refractivity contribution in [2.75, 3.05) is 14.1 Å². The van der Waals surface area contributed by atoms with Crippen LogP contribution in [0.3, 0.4) is 0 Å². The maximum absolute atomic E-state index is 14.0. The van der Waals surface area contributed by atoms with E-state index in [-0.39, 0.29) is 5.91 Å². The lowest BCUT2D eigenvalue weighted by Crippen LogP contribution is -2.21. The predicted octanol–water partition coefficient (Wildman–Crippen LogP) is 33.3. The topological polar surface area (TPSA) is 71.9 Å². The van der Waals surface area contributed by atoms with Gasteiger partial charge in [-0.3, -0.25) is 4.79 Å². The molecule has 0 aliphatic heterocycles. The SMILES string of the molecule is CCCCCCCCCCCCC(CCCCCCCCCC)Cc1cc(-c2cc3c(cc(-c4cc(CC(CCCCCCCCCC)CCCCCCCCCCCC)c(-c5ccc(-c6ccc(-c7cc(C(=O)N(C)C)c(-c8ccc(-c9ccc(C)s9)s8)s7)s6)s5)s4)c4nsnc43)c3nsnc23)sc1C. The molecule has 15 heteroatoms. The lowest BCUT2D eigenvalue weighted by Gasteiger charge is -2.17. The van der Waals surface area contributed by atoms with Crippen LogP contribution in [0.2, 0.25) is 0 Å². The maximum atomic E-state index is 14.0. The van der Waals surface area contributed by atoms with E-state index in [4.69, 9.17) is 17.5 Å². The van der Waals surface area contributed by atoms with Gasteiger partial charge in [-0.1, -0.05) is 285 Å². The van der Waals surface area contributed by atoms with Gasteiger partial charge in [0.05, 0.1) is 33.9 Å². The van der Waals surface area contributed by atoms with Crippen molar-refractivity contribution in [1.82, 2.24) is 22.4 Å². The molecule has 0 saturated heterocycles. The second kappa shape index (κ2) is 44.1. The summed E-state index contributed by atoms with van der Waals surface area (Å²) in [6, 6.07) is 30.3. The maximum Gasteiger partial charge on any atom is 0.254 e. The molecule has 0 fully saturated rings. The first-order valence-corrected chi connectivity index (χ1v) is 49.0. The molecular formula is C91H123N5OS9. The summed E-state index contributed by atoms with van der Waals surface area (Å²) in [7, 11) is 3.73. The Morgan fingerprint density at radius 2 is 0.660 bits per heavy atom. The van der Waals surface area contributed by atoms with Crippen LogP contribution in [0.5, 0.6) is 0 Å². The van der Waals surface area contributed by atoms with Gasteiger partial charge >= 0.3 is 0 Å². The molecule has 11 aromatic rings. The highest BCUT2D eigenvalue weighted by Gasteiger charge is 2.27. The molecule has 2 unspecified atom stereocenters. The minimum absolute atomic E-state index is 0.0429. The molecule has 2 atom stereocenters. The Morgan fingerprint density at radius 3 is 1.08 bits per heavy atom. The van der Waals surface area contributed by atoms with E-state index in [0.29, 0.717) is 5.92 Å². The fourth-order valence-corrected chi connectivity index (χ4v) is 24.9. The first-order valence-electron chi connectivity index (χ1n) is 41.8. The Hall–Kier alpha value is -4.29. The molecule has 572 valence electrons. The molecule has 0 radical (unpaired) electrons. The molecule has 9 aromatic heterocycles. The standard InChI is InChI=1S/C91H123N5OS9/c1-9-13-17-21-25-29-31-35-39-42-46-66(45-41-37-33-27-23-19-15-11-3)57-68-59-82(99-65(68)6)72-61-70-71(85-87(72)94-105-92-85)62-73(88-86(70)93-106-95-88)83-60-69(58-67(47-43-38-34-28-24-20-16-12-4)48-44-40-36-32-30-26-22-18-14-10-2)89(103-83)80-55-53-78(101-80)77-51-52-79(100-77)84-63-74(91(97)96(7)8)90(104-84)81-56-54-76(102-81)75-50-49-64(5)98-75/h49-56,59-63,66-67H,9-48,57-58H2,1-8H3. The zero-order valence-electron chi connectivity index (χ0n) is 65.7. The summed E-state index contributed by atoms with van der Waals surface area (Å²) in [5, 5.41) is 2.25. The minimum atomic E-state index is 0.0429. The molecule has 0 N–H and O–H groups in total. The number of fused-ring (bicyclic) bond motifs is 5. The van der Waals surface area contributed by atoms with Crippen LogP contribution in [0.4, 0.5) is 0 Å². The predicted molar refractivity (Wildman–Crippen MR) is 478 cm³/mol. The second-order valence-corrected chi connectivity index (χ2v) is 40.0. The minimum Gasteiger partial charge on any atom is -0.345 e. The van der Waals surface area contributed by atoms with Crippen LogP contribution in [0.25, 0.3) is 102 Å². The zero-order chi connectivity index (χ0) is 73.8. The largest absolute Gasteiger partial charge is 0.345 e. The number of hydrogen-bond donors (Lipinski definition) is 0. The van der Waals surface area contributed by atoms with E-state index in [1.54, 1.807) is 27.6 Å². The number of rotatable bonds is 52. The first kappa shape index (κ1) is 82.7. The van der Waals surface area contributed by atoms with Crippen molar-refractivity contribution in [3.63, 3.8) is 0 Å². The Labute approximate surface area is 674 Å². The number of unbranched alkanes of at least 4 members (excludes halogenated alkanes) is 32. The van der Waals surface area contributed by atoms with Gasteiger partial charge in [0.2, 0.25) is 0 Å². The number of thiophene rings is 7. The molecule has 0 aliphatic rings. The van der Waals surface area contributed by atoms with E-state index in [2.05, 4.69) is 120 Å². The van der Waals surface area contributed by atoms with Crippen LogP contribution in [-0.2, 0) is 12.8 Å². The molecule has 0 aliphatic carbocycles. The van der Waals surface area contributed by atoms with Gasteiger partial charge < -0.3 is 4.90 Å². The number of aryl methyl sites for hydroxylation is 2. The Morgan fingerprint density at radius 1 is 0.330 bits per heavy atom. The lowest BCUT2D eigenvalue weighted by atomic mass is 9.88. The first-order chi connectivity index (χ1) is 52.0. The van der Waals surface area contributed by atoms with Crippen molar-refractivity contribution in [2.24, 2.45) is 11.8 Å². The highest BCUT2D eigenvalue weighted by Crippen LogP contribution is 2.51. The summed E-state index contributed by atoms with van der Waals surface area (Å²) >= 11 is 15.8. The molecule has 9 heterocycles. The summed E-state index contributed by atoms with van der Waals surface area (Å²) in [6.45, 7) is 13.8. The van der Waals surface area contributed by atoms with E-state index in [0.717, 1.165) is 70.9 Å². The average molecular weight is 1590 g/mol. The Bertz CT molecular complexity index is 4380. The molecule has 0 saturated carbocycles. The number of carbonyl (C=O) groups is 1. The highest BCUT2D eigenvalue weighted by molar-refractivity contribution is 7.31. The average Bonchev–Trinajstić information content (AvgIpc) is 1.17. The molecule has 2 aromatic carbocycles. The number of aromatic nitrogens is 4. The number of amides is 1. The molecule has 0 bridgehead atoms. The Balaban J connectivity index is 0.888. The highest BCUT2D eigenvalue weighted by atomic mass is 32.1. The summed E-state index contributed by atoms with van der Waals surface area (Å²) in [4.78, 5) is 33.3. The number of hydrogen-bond acceptors (Lipinski definition) is 14. The Kier molecular flexibility index (Phi) is 34.4. The molecule has 1 amide bonds. The quantitative estimate of drug-likeness (QED) is 0.0355. The van der Waals surface area contributed by atoms with E-state index < -0.39 is 0 Å². The van der Waals surface area contributed by atoms with Crippen LogP contribution in [0, 0.1) is 25.7 Å². The molecule has 6 nitrogen and oxygen atoms in total. The third-order valence-corrected chi connectivity index (χ3v) is 31.9. The number of carbonyl (C=O) groups excluding carboxylic acids is 1. The van der Waals surface area contributed by atoms with Crippen LogP contribution < -0.4 is 0 Å². The van der Waals surface area contributed by atoms with Crippen LogP contribution >= 0.6 is 103 Å². The van der Waals surface area contributed by atoms with Gasteiger partial charge in [0.15, 0.2) is 0 Å². The van der Waals surface area contributed by atoms with Crippen molar-refractivity contribution in [1.29, 1.82) is 0 Å². The van der Waals surface area contributed by atoms with Gasteiger partial charge in [-0.25, -0.2) is 0 Å². The van der Waals surface area contributed by atoms with Gasteiger partial charge in [0.1, 0.15) is 22.1 Å². The van der Waals surface area contributed by atoms with Crippen molar-refractivity contribution in [2.45, 2.75) is 311 Å². The van der Waals surface area contributed by atoms with Gasteiger partial charge in [-0.2, -0.15) is 17.5 Å². The van der Waals surface area contributed by atoms with Crippen molar-refractivity contribution in [3.8, 4) is 69.7 Å². The molecule has 0 spiro atoms. The van der Waals surface area contributed by atoms with Gasteiger partial charge in [-0.15, -0.1) is 79.4 Å². The fourth-order valence-electron chi connectivity index (χ4n) is 16.0. The van der Waals surface area contributed by atoms with Crippen molar-refractivity contribution >= 4 is 142 Å². The van der Waals surface area contributed by atoms with Crippen molar-refractivity contribution in [3.05, 3.63) is 105 Å². The van der Waals surface area contributed by atoms with Gasteiger partial charge in [0.25, 0.3) is 5.91 Å². The lowest BCUT2D eigenvalue weighted by molar-refractivity contribution is 0.0829. The zero-order valence-corrected chi connectivity index (χ0v) is 73.0. The van der Waals surface area contributed by atoms with Crippen molar-refractivity contribution < 1.29 is 4.79 Å². The fraction of sp³-hybridized carbons (Fsp3) is 0.571. The number of nitrogens with zero attached hydrogens (tertiary/aromatic N) is 5. The van der Waals surface area contributed by atoms with E-state index in [1.807, 2.05) is 70.8 Å². The van der Waals surface area contributed by atoms with Gasteiger partial charge in [0, 0.05) is 99.4 Å². The van der Waals surface area contributed by atoms with Crippen LogP contribution in [-0.4, -0.2) is 42.4 Å². The van der Waals surface area contributed by atoms with E-state index >= 15 is 0 Å². The number of benzene rings is 2. The van der Waals surface area contributed by atoms with Crippen LogP contribution in [0.1, 0.15) is 316 Å². The summed E-state index contributed by atoms with van der Waals surface area (Å²) in [5.74, 6) is 1.39. The van der Waals surface area contributed by atoms with Crippen LogP contribution in [0.15, 0.2) is 78.9 Å².